The van der Waals surface area contributed by atoms with Gasteiger partial charge in [-0.15, -0.1) is 0 Å². The van der Waals surface area contributed by atoms with E-state index in [1.165, 1.54) is 7.05 Å². The molecular weight excluding hydrogens is 288 g/mol. The van der Waals surface area contributed by atoms with E-state index in [9.17, 15) is 13.5 Å². The summed E-state index contributed by atoms with van der Waals surface area (Å²) in [6.07, 6.45) is 1.36. The van der Waals surface area contributed by atoms with Gasteiger partial charge in [0.05, 0.1) is 10.5 Å². The van der Waals surface area contributed by atoms with Gasteiger partial charge in [-0.05, 0) is 44.5 Å². The van der Waals surface area contributed by atoms with E-state index >= 15 is 0 Å². The van der Waals surface area contributed by atoms with Gasteiger partial charge < -0.3 is 10.4 Å². The first-order valence-electron chi connectivity index (χ1n) is 7.27. The van der Waals surface area contributed by atoms with Crippen molar-refractivity contribution in [3.63, 3.8) is 0 Å². The maximum atomic E-state index is 11.8. The van der Waals surface area contributed by atoms with Crippen LogP contribution in [0.3, 0.4) is 0 Å². The molecule has 1 atom stereocenters. The van der Waals surface area contributed by atoms with Gasteiger partial charge in [0.1, 0.15) is 0 Å². The number of nitrogens with one attached hydrogen (secondary N) is 2. The Hall–Kier alpha value is -0.950. The van der Waals surface area contributed by atoms with E-state index in [-0.39, 0.29) is 10.9 Å². The number of hydrogen-bond donors (Lipinski definition) is 3. The minimum Gasteiger partial charge on any atom is -0.389 e. The molecular formula is C15H26N2O3S. The Kier molecular flexibility index (Phi) is 6.34. The van der Waals surface area contributed by atoms with Crippen LogP contribution >= 0.6 is 0 Å². The molecule has 0 heterocycles. The summed E-state index contributed by atoms with van der Waals surface area (Å²) in [5.41, 5.74) is 0.156. The van der Waals surface area contributed by atoms with Gasteiger partial charge in [-0.3, -0.25) is 0 Å². The number of benzene rings is 1. The third-order valence-corrected chi connectivity index (χ3v) is 5.40. The van der Waals surface area contributed by atoms with Crippen LogP contribution in [0, 0.1) is 0 Å². The minimum absolute atomic E-state index is 0.0402. The number of aliphatic hydroxyl groups is 1. The highest BCUT2D eigenvalue weighted by atomic mass is 32.2. The van der Waals surface area contributed by atoms with Crippen LogP contribution in [0.25, 0.3) is 0 Å². The first-order chi connectivity index (χ1) is 9.78. The van der Waals surface area contributed by atoms with Gasteiger partial charge in [0.15, 0.2) is 0 Å². The first kappa shape index (κ1) is 18.1. The Bertz CT molecular complexity index is 554. The zero-order valence-corrected chi connectivity index (χ0v) is 14.0. The molecule has 0 saturated carbocycles. The molecule has 5 nitrogen and oxygen atoms in total. The molecule has 1 aromatic carbocycles. The molecule has 0 spiro atoms. The van der Waals surface area contributed by atoms with Crippen molar-refractivity contribution in [2.24, 2.45) is 0 Å². The van der Waals surface area contributed by atoms with E-state index in [0.717, 1.165) is 5.56 Å². The van der Waals surface area contributed by atoms with E-state index in [1.54, 1.807) is 18.2 Å². The second kappa shape index (κ2) is 7.35. The van der Waals surface area contributed by atoms with Crippen LogP contribution in [0.5, 0.6) is 0 Å². The Morgan fingerprint density at radius 3 is 2.43 bits per heavy atom. The lowest BCUT2D eigenvalue weighted by atomic mass is 9.96. The molecule has 1 unspecified atom stereocenters. The van der Waals surface area contributed by atoms with Crippen LogP contribution in [0.4, 0.5) is 0 Å². The fourth-order valence-electron chi connectivity index (χ4n) is 2.03. The molecule has 21 heavy (non-hydrogen) atoms. The average Bonchev–Trinajstić information content (AvgIpc) is 2.52. The maximum Gasteiger partial charge on any atom is 0.240 e. The van der Waals surface area contributed by atoms with E-state index < -0.39 is 15.6 Å². The fourth-order valence-corrected chi connectivity index (χ4v) is 2.81. The number of hydrogen-bond acceptors (Lipinski definition) is 4. The van der Waals surface area contributed by atoms with Crippen molar-refractivity contribution in [2.75, 3.05) is 13.6 Å². The van der Waals surface area contributed by atoms with Gasteiger partial charge in [-0.2, -0.15) is 0 Å². The third-order valence-electron chi connectivity index (χ3n) is 3.99. The molecule has 120 valence electrons. The van der Waals surface area contributed by atoms with Crippen LogP contribution in [-0.2, 0) is 10.0 Å². The SMILES string of the molecule is CCC(O)(CC)CNC(C)c1cccc(S(=O)(=O)NC)c1. The predicted octanol–water partition coefficient (Wildman–Crippen LogP) is 1.80. The second-order valence-electron chi connectivity index (χ2n) is 5.31. The van der Waals surface area contributed by atoms with Crippen LogP contribution in [0.1, 0.15) is 45.2 Å². The van der Waals surface area contributed by atoms with Crippen LogP contribution < -0.4 is 10.0 Å². The Morgan fingerprint density at radius 1 is 1.29 bits per heavy atom. The molecule has 0 aliphatic carbocycles. The normalized spacial score (nSPS) is 14.1. The van der Waals surface area contributed by atoms with Crippen LogP contribution in [0.2, 0.25) is 0 Å². The van der Waals surface area contributed by atoms with Crippen molar-refractivity contribution in [1.29, 1.82) is 0 Å². The Morgan fingerprint density at radius 2 is 1.90 bits per heavy atom. The van der Waals surface area contributed by atoms with Gasteiger partial charge in [0.25, 0.3) is 0 Å². The highest BCUT2D eigenvalue weighted by Gasteiger charge is 2.23. The number of sulfonamides is 1. The summed E-state index contributed by atoms with van der Waals surface area (Å²) in [4.78, 5) is 0.248. The van der Waals surface area contributed by atoms with Gasteiger partial charge in [-0.1, -0.05) is 26.0 Å². The third kappa shape index (κ3) is 4.78. The lowest BCUT2D eigenvalue weighted by Gasteiger charge is -2.27. The molecule has 0 aliphatic heterocycles. The molecule has 0 saturated heterocycles. The van der Waals surface area contributed by atoms with Crippen LogP contribution in [0.15, 0.2) is 29.2 Å². The second-order valence-corrected chi connectivity index (χ2v) is 7.20. The van der Waals surface area contributed by atoms with Crippen molar-refractivity contribution in [2.45, 2.75) is 50.2 Å². The molecule has 0 aromatic heterocycles. The van der Waals surface area contributed by atoms with E-state index in [2.05, 4.69) is 10.0 Å². The summed E-state index contributed by atoms with van der Waals surface area (Å²) in [6.45, 7) is 6.34. The van der Waals surface area contributed by atoms with Gasteiger partial charge in [0, 0.05) is 12.6 Å². The summed E-state index contributed by atoms with van der Waals surface area (Å²) in [5, 5.41) is 13.6. The van der Waals surface area contributed by atoms with Crippen molar-refractivity contribution in [3.05, 3.63) is 29.8 Å². The molecule has 0 bridgehead atoms. The van der Waals surface area contributed by atoms with Gasteiger partial charge in [0.2, 0.25) is 10.0 Å². The van der Waals surface area contributed by atoms with E-state index in [4.69, 9.17) is 0 Å². The summed E-state index contributed by atoms with van der Waals surface area (Å²) in [5.74, 6) is 0. The summed E-state index contributed by atoms with van der Waals surface area (Å²) in [7, 11) is -2.04. The molecule has 1 rings (SSSR count). The van der Waals surface area contributed by atoms with Crippen molar-refractivity contribution in [3.8, 4) is 0 Å². The monoisotopic (exact) mass is 314 g/mol. The van der Waals surface area contributed by atoms with Gasteiger partial charge >= 0.3 is 0 Å². The number of rotatable bonds is 8. The molecule has 0 amide bonds. The molecule has 1 aromatic rings. The van der Waals surface area contributed by atoms with E-state index in [0.29, 0.717) is 19.4 Å². The molecule has 6 heteroatoms. The summed E-state index contributed by atoms with van der Waals surface area (Å²) < 4.78 is 25.9. The lowest BCUT2D eigenvalue weighted by Crippen LogP contribution is -2.40. The highest BCUT2D eigenvalue weighted by Crippen LogP contribution is 2.19. The standard InChI is InChI=1S/C15H26N2O3S/c1-5-15(18,6-2)11-17-12(3)13-8-7-9-14(10-13)21(19,20)16-4/h7-10,12,16-18H,5-6,11H2,1-4H3. The first-order valence-corrected chi connectivity index (χ1v) is 8.75. The predicted molar refractivity (Wildman–Crippen MR) is 84.6 cm³/mol. The van der Waals surface area contributed by atoms with Crippen molar-refractivity contribution in [1.82, 2.24) is 10.0 Å². The molecule has 3 N–H and O–H groups in total. The Balaban J connectivity index is 2.85. The van der Waals surface area contributed by atoms with Crippen LogP contribution in [-0.4, -0.2) is 32.7 Å². The molecule has 0 radical (unpaired) electrons. The minimum atomic E-state index is -3.43. The van der Waals surface area contributed by atoms with Crippen molar-refractivity contribution >= 4 is 10.0 Å². The fraction of sp³-hybridized carbons (Fsp3) is 0.600. The zero-order chi connectivity index (χ0) is 16.1. The smallest absolute Gasteiger partial charge is 0.240 e. The average molecular weight is 314 g/mol. The topological polar surface area (TPSA) is 78.4 Å². The Labute approximate surface area is 127 Å². The maximum absolute atomic E-state index is 11.8. The molecule has 0 fully saturated rings. The highest BCUT2D eigenvalue weighted by molar-refractivity contribution is 7.89. The summed E-state index contributed by atoms with van der Waals surface area (Å²) in [6, 6.07) is 6.78. The largest absolute Gasteiger partial charge is 0.389 e. The van der Waals surface area contributed by atoms with Crippen molar-refractivity contribution < 1.29 is 13.5 Å². The summed E-state index contributed by atoms with van der Waals surface area (Å²) >= 11 is 0. The quantitative estimate of drug-likeness (QED) is 0.683. The lowest BCUT2D eigenvalue weighted by molar-refractivity contribution is 0.0303. The molecule has 0 aliphatic rings. The van der Waals surface area contributed by atoms with Gasteiger partial charge in [-0.25, -0.2) is 13.1 Å². The van der Waals surface area contributed by atoms with E-state index in [1.807, 2.05) is 26.8 Å². The zero-order valence-electron chi connectivity index (χ0n) is 13.2.